The van der Waals surface area contributed by atoms with Gasteiger partial charge in [-0.3, -0.25) is 4.79 Å². The molecule has 0 saturated carbocycles. The number of halogens is 1. The number of esters is 1. The van der Waals surface area contributed by atoms with Crippen LogP contribution in [0.2, 0.25) is 0 Å². The first-order valence-electron chi connectivity index (χ1n) is 8.32. The monoisotopic (exact) mass is 367 g/mol. The lowest BCUT2D eigenvalue weighted by molar-refractivity contribution is -0.133. The van der Waals surface area contributed by atoms with Gasteiger partial charge in [-0.05, 0) is 29.1 Å². The molecular weight excluding hydrogens is 349 g/mol. The van der Waals surface area contributed by atoms with Crippen molar-refractivity contribution >= 4 is 22.6 Å². The van der Waals surface area contributed by atoms with Gasteiger partial charge < -0.3 is 14.7 Å². The molecule has 27 heavy (non-hydrogen) atoms. The molecular formula is C21H18FNO4. The maximum absolute atomic E-state index is 13.2. The number of hydrogen-bond acceptors (Lipinski definition) is 4. The molecule has 0 unspecified atom stereocenters. The largest absolute Gasteiger partial charge is 0.506 e. The van der Waals surface area contributed by atoms with E-state index in [1.165, 1.54) is 30.1 Å². The van der Waals surface area contributed by atoms with Gasteiger partial charge in [-0.2, -0.15) is 0 Å². The van der Waals surface area contributed by atoms with E-state index in [1.54, 1.807) is 30.3 Å². The Bertz CT molecular complexity index is 1000. The Hall–Kier alpha value is -3.41. The predicted octanol–water partition coefficient (Wildman–Crippen LogP) is 3.50. The molecule has 0 radical (unpaired) electrons. The number of likely N-dealkylation sites (N-methyl/N-ethyl adjacent to an activating group) is 1. The van der Waals surface area contributed by atoms with Gasteiger partial charge in [-0.15, -0.1) is 0 Å². The Labute approximate surface area is 155 Å². The van der Waals surface area contributed by atoms with Crippen molar-refractivity contribution in [3.05, 3.63) is 77.6 Å². The summed E-state index contributed by atoms with van der Waals surface area (Å²) >= 11 is 0. The number of phenols is 1. The summed E-state index contributed by atoms with van der Waals surface area (Å²) in [7, 11) is 1.54. The first-order chi connectivity index (χ1) is 13.0. The summed E-state index contributed by atoms with van der Waals surface area (Å²) in [6.45, 7) is -0.285. The first kappa shape index (κ1) is 18.4. The van der Waals surface area contributed by atoms with Crippen molar-refractivity contribution < 1.29 is 23.8 Å². The Balaban J connectivity index is 1.63. The van der Waals surface area contributed by atoms with Crippen molar-refractivity contribution in [3.8, 4) is 5.75 Å². The van der Waals surface area contributed by atoms with Crippen molar-refractivity contribution in [2.45, 2.75) is 6.54 Å². The van der Waals surface area contributed by atoms with E-state index in [9.17, 15) is 19.1 Å². The molecule has 0 aliphatic rings. The van der Waals surface area contributed by atoms with Crippen molar-refractivity contribution in [1.82, 2.24) is 4.90 Å². The number of ether oxygens (including phenoxy) is 1. The SMILES string of the molecule is CN(Cc1cccc(F)c1)C(=O)COC(=O)c1ccc2ccccc2c1O. The van der Waals surface area contributed by atoms with Crippen LogP contribution in [0.4, 0.5) is 4.39 Å². The Morgan fingerprint density at radius 1 is 1.07 bits per heavy atom. The highest BCUT2D eigenvalue weighted by molar-refractivity contribution is 6.01. The van der Waals surface area contributed by atoms with Gasteiger partial charge in [-0.1, -0.05) is 42.5 Å². The van der Waals surface area contributed by atoms with Crippen LogP contribution in [0.15, 0.2) is 60.7 Å². The third kappa shape index (κ3) is 4.23. The molecule has 3 rings (SSSR count). The highest BCUT2D eigenvalue weighted by Crippen LogP contribution is 2.28. The van der Waals surface area contributed by atoms with Gasteiger partial charge in [0.15, 0.2) is 6.61 Å². The highest BCUT2D eigenvalue weighted by Gasteiger charge is 2.18. The molecule has 0 heterocycles. The minimum Gasteiger partial charge on any atom is -0.506 e. The quantitative estimate of drug-likeness (QED) is 0.701. The normalized spacial score (nSPS) is 10.6. The molecule has 0 atom stereocenters. The lowest BCUT2D eigenvalue weighted by Crippen LogP contribution is -2.30. The Morgan fingerprint density at radius 3 is 2.63 bits per heavy atom. The molecule has 0 bridgehead atoms. The first-order valence-corrected chi connectivity index (χ1v) is 8.32. The zero-order chi connectivity index (χ0) is 19.4. The molecule has 0 aromatic heterocycles. The van der Waals surface area contributed by atoms with Gasteiger partial charge in [0.1, 0.15) is 17.1 Å². The van der Waals surface area contributed by atoms with E-state index in [0.717, 1.165) is 5.39 Å². The van der Waals surface area contributed by atoms with Gasteiger partial charge in [0.05, 0.1) is 0 Å². The summed E-state index contributed by atoms with van der Waals surface area (Å²) in [4.78, 5) is 25.7. The van der Waals surface area contributed by atoms with Crippen molar-refractivity contribution in [2.75, 3.05) is 13.7 Å². The van der Waals surface area contributed by atoms with E-state index in [2.05, 4.69) is 0 Å². The maximum atomic E-state index is 13.2. The van der Waals surface area contributed by atoms with Gasteiger partial charge in [0.25, 0.3) is 5.91 Å². The van der Waals surface area contributed by atoms with Crippen LogP contribution in [-0.2, 0) is 16.1 Å². The lowest BCUT2D eigenvalue weighted by atomic mass is 10.1. The molecule has 0 spiro atoms. The second-order valence-electron chi connectivity index (χ2n) is 6.14. The Morgan fingerprint density at radius 2 is 1.85 bits per heavy atom. The van der Waals surface area contributed by atoms with Crippen LogP contribution in [-0.4, -0.2) is 35.5 Å². The molecule has 0 fully saturated rings. The molecule has 1 N–H and O–H groups in total. The minimum absolute atomic E-state index is 0.00529. The van der Waals surface area contributed by atoms with Crippen LogP contribution in [0.5, 0.6) is 5.75 Å². The predicted molar refractivity (Wildman–Crippen MR) is 98.8 cm³/mol. The van der Waals surface area contributed by atoms with Crippen molar-refractivity contribution in [1.29, 1.82) is 0 Å². The van der Waals surface area contributed by atoms with Crippen LogP contribution in [0, 0.1) is 5.82 Å². The number of phenolic OH excluding ortho intramolecular Hbond substituents is 1. The number of nitrogens with zero attached hydrogens (tertiary/aromatic N) is 1. The number of rotatable bonds is 5. The standard InChI is InChI=1S/C21H18FNO4/c1-23(12-14-5-4-7-16(22)11-14)19(24)13-27-21(26)18-10-9-15-6-2-3-8-17(15)20(18)25/h2-11,25H,12-13H2,1H3. The average Bonchev–Trinajstić information content (AvgIpc) is 2.66. The van der Waals surface area contributed by atoms with Crippen LogP contribution in [0.25, 0.3) is 10.8 Å². The van der Waals surface area contributed by atoms with Gasteiger partial charge in [-0.25, -0.2) is 9.18 Å². The van der Waals surface area contributed by atoms with Gasteiger partial charge in [0, 0.05) is 19.0 Å². The van der Waals surface area contributed by atoms with Crippen molar-refractivity contribution in [3.63, 3.8) is 0 Å². The van der Waals surface area contributed by atoms with E-state index < -0.39 is 18.5 Å². The summed E-state index contributed by atoms with van der Waals surface area (Å²) < 4.78 is 18.3. The highest BCUT2D eigenvalue weighted by atomic mass is 19.1. The number of aromatic hydroxyl groups is 1. The number of fused-ring (bicyclic) bond motifs is 1. The molecule has 0 saturated heterocycles. The minimum atomic E-state index is -0.786. The zero-order valence-electron chi connectivity index (χ0n) is 14.7. The van der Waals surface area contributed by atoms with Crippen molar-refractivity contribution in [2.24, 2.45) is 0 Å². The fourth-order valence-corrected chi connectivity index (χ4v) is 2.73. The fraction of sp³-hybridized carbons (Fsp3) is 0.143. The van der Waals surface area contributed by atoms with Crippen LogP contribution in [0.1, 0.15) is 15.9 Å². The number of carbonyl (C=O) groups is 2. The third-order valence-corrected chi connectivity index (χ3v) is 4.18. The topological polar surface area (TPSA) is 66.8 Å². The molecule has 5 nitrogen and oxygen atoms in total. The number of amides is 1. The number of carbonyl (C=O) groups excluding carboxylic acids is 2. The maximum Gasteiger partial charge on any atom is 0.342 e. The molecule has 0 aliphatic heterocycles. The summed E-state index contributed by atoms with van der Waals surface area (Å²) in [5.41, 5.74) is 0.624. The molecule has 1 amide bonds. The summed E-state index contributed by atoms with van der Waals surface area (Å²) in [5, 5.41) is 11.6. The van der Waals surface area contributed by atoms with Gasteiger partial charge >= 0.3 is 5.97 Å². The second kappa shape index (κ2) is 7.86. The lowest BCUT2D eigenvalue weighted by Gasteiger charge is -2.17. The second-order valence-corrected chi connectivity index (χ2v) is 6.14. The molecule has 0 aliphatic carbocycles. The number of benzene rings is 3. The number of hydrogen-bond donors (Lipinski definition) is 1. The summed E-state index contributed by atoms with van der Waals surface area (Å²) in [6.07, 6.45) is 0. The van der Waals surface area contributed by atoms with E-state index in [-0.39, 0.29) is 23.7 Å². The molecule has 3 aromatic carbocycles. The van der Waals surface area contributed by atoms with E-state index in [1.807, 2.05) is 12.1 Å². The molecule has 6 heteroatoms. The van der Waals surface area contributed by atoms with E-state index >= 15 is 0 Å². The summed E-state index contributed by atoms with van der Waals surface area (Å²) in [5.74, 6) is -1.79. The van der Waals surface area contributed by atoms with E-state index in [4.69, 9.17) is 4.74 Å². The zero-order valence-corrected chi connectivity index (χ0v) is 14.7. The fourth-order valence-electron chi connectivity index (χ4n) is 2.73. The average molecular weight is 367 g/mol. The smallest absolute Gasteiger partial charge is 0.342 e. The van der Waals surface area contributed by atoms with Crippen LogP contribution < -0.4 is 0 Å². The van der Waals surface area contributed by atoms with Crippen LogP contribution >= 0.6 is 0 Å². The summed E-state index contributed by atoms with van der Waals surface area (Å²) in [6, 6.07) is 16.2. The third-order valence-electron chi connectivity index (χ3n) is 4.18. The van der Waals surface area contributed by atoms with Crippen LogP contribution in [0.3, 0.4) is 0 Å². The van der Waals surface area contributed by atoms with Gasteiger partial charge in [0.2, 0.25) is 0 Å². The molecule has 138 valence electrons. The van der Waals surface area contributed by atoms with E-state index in [0.29, 0.717) is 10.9 Å². The Kier molecular flexibility index (Phi) is 5.35. The molecule has 3 aromatic rings.